The predicted octanol–water partition coefficient (Wildman–Crippen LogP) is 10.4. The van der Waals surface area contributed by atoms with E-state index in [2.05, 4.69) is 98.9 Å². The van der Waals surface area contributed by atoms with Gasteiger partial charge in [-0.3, -0.25) is 18.6 Å². The molecule has 10 nitrogen and oxygen atoms in total. The van der Waals surface area contributed by atoms with Crippen LogP contribution in [0.2, 0.25) is 0 Å². The van der Waals surface area contributed by atoms with E-state index >= 15 is 0 Å². The van der Waals surface area contributed by atoms with E-state index in [4.69, 9.17) is 18.5 Å². The molecular weight excluding hydrogens is 719 g/mol. The van der Waals surface area contributed by atoms with E-state index in [1.54, 1.807) is 0 Å². The van der Waals surface area contributed by atoms with Crippen molar-refractivity contribution < 1.29 is 47.8 Å². The van der Waals surface area contributed by atoms with E-state index in [1.165, 1.54) is 0 Å². The minimum Gasteiger partial charge on any atom is -0.457 e. The minimum atomic E-state index is -4.66. The first-order valence-electron chi connectivity index (χ1n) is 20.2. The summed E-state index contributed by atoms with van der Waals surface area (Å²) in [4.78, 5) is 34.4. The van der Waals surface area contributed by atoms with Crippen molar-refractivity contribution in [3.63, 3.8) is 0 Å². The van der Waals surface area contributed by atoms with Gasteiger partial charge in [-0.2, -0.15) is 0 Å². The van der Waals surface area contributed by atoms with Gasteiger partial charge in [-0.25, -0.2) is 4.57 Å². The molecular formula is C44H71O10P. The highest BCUT2D eigenvalue weighted by molar-refractivity contribution is 7.47. The summed E-state index contributed by atoms with van der Waals surface area (Å²) in [6, 6.07) is 0. The van der Waals surface area contributed by atoms with Crippen molar-refractivity contribution in [1.82, 2.24) is 0 Å². The van der Waals surface area contributed by atoms with Crippen LogP contribution in [-0.2, 0) is 32.7 Å². The van der Waals surface area contributed by atoms with Crippen molar-refractivity contribution >= 4 is 19.8 Å². The molecule has 55 heavy (non-hydrogen) atoms. The van der Waals surface area contributed by atoms with Crippen LogP contribution >= 0.6 is 7.82 Å². The predicted molar refractivity (Wildman–Crippen MR) is 223 cm³/mol. The van der Waals surface area contributed by atoms with Crippen molar-refractivity contribution in [1.29, 1.82) is 0 Å². The number of carbonyl (C=O) groups is 2. The molecule has 0 aromatic rings. The number of aliphatic hydroxyl groups is 2. The van der Waals surface area contributed by atoms with E-state index < -0.39 is 58.4 Å². The van der Waals surface area contributed by atoms with Crippen LogP contribution in [0.5, 0.6) is 0 Å². The summed E-state index contributed by atoms with van der Waals surface area (Å²) in [7, 11) is -4.66. The van der Waals surface area contributed by atoms with Crippen LogP contribution in [0.1, 0.15) is 129 Å². The third kappa shape index (κ3) is 37.6. The Kier molecular flexibility index (Phi) is 36.9. The highest BCUT2D eigenvalue weighted by Crippen LogP contribution is 2.43. The van der Waals surface area contributed by atoms with Crippen molar-refractivity contribution in [3.8, 4) is 0 Å². The third-order valence-corrected chi connectivity index (χ3v) is 8.74. The second kappa shape index (κ2) is 39.1. The molecule has 0 saturated carbocycles. The number of phosphoric ester groups is 1. The summed E-state index contributed by atoms with van der Waals surface area (Å²) in [6.45, 7) is 1.86. The number of hydrogen-bond donors (Lipinski definition) is 3. The Balaban J connectivity index is 4.09. The smallest absolute Gasteiger partial charge is 0.457 e. The number of phosphoric acid groups is 1. The van der Waals surface area contributed by atoms with Gasteiger partial charge in [0.1, 0.15) is 12.2 Å². The number of unbranched alkanes of at least 4 members (excludes halogenated alkanes) is 6. The average molecular weight is 791 g/mol. The molecule has 0 aromatic carbocycles. The van der Waals surface area contributed by atoms with Gasteiger partial charge in [0.05, 0.1) is 26.4 Å². The molecule has 312 valence electrons. The van der Waals surface area contributed by atoms with Gasteiger partial charge in [0.25, 0.3) is 0 Å². The molecule has 0 amide bonds. The van der Waals surface area contributed by atoms with E-state index in [0.29, 0.717) is 19.3 Å². The molecule has 0 radical (unpaired) electrons. The molecule has 0 spiro atoms. The maximum Gasteiger partial charge on any atom is 0.472 e. The molecule has 0 saturated heterocycles. The van der Waals surface area contributed by atoms with E-state index in [-0.39, 0.29) is 12.8 Å². The number of allylic oxidation sites excluding steroid dienone is 16. The Morgan fingerprint density at radius 1 is 0.491 bits per heavy atom. The molecule has 3 N–H and O–H groups in total. The van der Waals surface area contributed by atoms with Gasteiger partial charge in [-0.1, -0.05) is 130 Å². The van der Waals surface area contributed by atoms with Gasteiger partial charge in [-0.05, 0) is 83.5 Å². The number of ether oxygens (including phenoxy) is 2. The molecule has 0 aliphatic heterocycles. The summed E-state index contributed by atoms with van der Waals surface area (Å²) >= 11 is 0. The van der Waals surface area contributed by atoms with Crippen LogP contribution in [0.4, 0.5) is 0 Å². The molecule has 11 heteroatoms. The molecule has 0 aliphatic rings. The maximum atomic E-state index is 12.3. The Hall–Kier alpha value is -3.11. The lowest BCUT2D eigenvalue weighted by molar-refractivity contribution is -0.153. The summed E-state index contributed by atoms with van der Waals surface area (Å²) in [5.74, 6) is -1.11. The van der Waals surface area contributed by atoms with Crippen LogP contribution in [0, 0.1) is 0 Å². The Labute approximate surface area is 332 Å². The number of carbonyl (C=O) groups excluding carboxylic acids is 2. The fourth-order valence-corrected chi connectivity index (χ4v) is 5.53. The van der Waals surface area contributed by atoms with Crippen molar-refractivity contribution in [3.05, 3.63) is 97.2 Å². The van der Waals surface area contributed by atoms with Gasteiger partial charge in [0.15, 0.2) is 0 Å². The first-order valence-corrected chi connectivity index (χ1v) is 21.7. The van der Waals surface area contributed by atoms with Crippen LogP contribution in [0.15, 0.2) is 97.2 Å². The largest absolute Gasteiger partial charge is 0.472 e. The number of rotatable bonds is 36. The molecule has 3 unspecified atom stereocenters. The first kappa shape index (κ1) is 51.9. The minimum absolute atomic E-state index is 0.107. The van der Waals surface area contributed by atoms with E-state index in [9.17, 15) is 29.3 Å². The SMILES string of the molecule is CC/C=C\C/C=C\C/C=C\C/C=C\C/C=C\CCCC(=O)OC(CO)COP(=O)(O)OCC(CO)OC(=O)CCCCCCC/C=C\C/C=C\C/C=C\CC. The highest BCUT2D eigenvalue weighted by atomic mass is 31.2. The van der Waals surface area contributed by atoms with Crippen LogP contribution < -0.4 is 0 Å². The highest BCUT2D eigenvalue weighted by Gasteiger charge is 2.27. The summed E-state index contributed by atoms with van der Waals surface area (Å²) in [5, 5.41) is 19.1. The van der Waals surface area contributed by atoms with Gasteiger partial charge in [0.2, 0.25) is 0 Å². The van der Waals surface area contributed by atoms with Crippen molar-refractivity contribution in [2.75, 3.05) is 26.4 Å². The maximum absolute atomic E-state index is 12.3. The zero-order valence-electron chi connectivity index (χ0n) is 33.6. The molecule has 0 fully saturated rings. The second-order valence-corrected chi connectivity index (χ2v) is 14.3. The van der Waals surface area contributed by atoms with Gasteiger partial charge in [0, 0.05) is 12.8 Å². The second-order valence-electron chi connectivity index (χ2n) is 12.8. The van der Waals surface area contributed by atoms with Crippen molar-refractivity contribution in [2.45, 2.75) is 142 Å². The van der Waals surface area contributed by atoms with Gasteiger partial charge < -0.3 is 24.6 Å². The summed E-state index contributed by atoms with van der Waals surface area (Å²) < 4.78 is 32.4. The molecule has 0 aliphatic carbocycles. The molecule has 0 rings (SSSR count). The normalized spacial score (nSPS) is 14.9. The van der Waals surface area contributed by atoms with Crippen molar-refractivity contribution in [2.24, 2.45) is 0 Å². The third-order valence-electron chi connectivity index (χ3n) is 7.79. The molecule has 0 bridgehead atoms. The lowest BCUT2D eigenvalue weighted by Gasteiger charge is -2.20. The molecule has 3 atom stereocenters. The average Bonchev–Trinajstić information content (AvgIpc) is 3.17. The zero-order valence-corrected chi connectivity index (χ0v) is 34.5. The zero-order chi connectivity index (χ0) is 40.5. The quantitative estimate of drug-likeness (QED) is 0.0242. The Bertz CT molecular complexity index is 1230. The van der Waals surface area contributed by atoms with Crippen LogP contribution in [-0.4, -0.2) is 65.7 Å². The lowest BCUT2D eigenvalue weighted by atomic mass is 10.1. The first-order chi connectivity index (χ1) is 26.8. The van der Waals surface area contributed by atoms with E-state index in [0.717, 1.165) is 83.5 Å². The van der Waals surface area contributed by atoms with Gasteiger partial charge in [-0.15, -0.1) is 0 Å². The summed E-state index contributed by atoms with van der Waals surface area (Å²) in [6.07, 6.45) is 46.7. The lowest BCUT2D eigenvalue weighted by Crippen LogP contribution is -2.28. The summed E-state index contributed by atoms with van der Waals surface area (Å²) in [5.41, 5.74) is 0. The monoisotopic (exact) mass is 790 g/mol. The fourth-order valence-electron chi connectivity index (χ4n) is 4.75. The number of hydrogen-bond acceptors (Lipinski definition) is 9. The van der Waals surface area contributed by atoms with E-state index in [1.807, 2.05) is 12.2 Å². The topological polar surface area (TPSA) is 149 Å². The standard InChI is InChI=1S/C44H71O10P/c1-3-5-7-9-11-13-15-17-19-20-22-24-26-28-30-32-34-36-44(48)54-42(38-46)40-52-55(49,50)51-39-41(37-45)53-43(47)35-33-31-29-27-25-23-21-18-16-14-12-10-8-6-4-2/h5-8,11-14,17-19,21-22,24,28,30,41-42,45-46H,3-4,9-10,15-16,20,23,25-27,29,31-40H2,1-2H3,(H,49,50)/b7-5-,8-6-,13-11-,14-12-,19-17-,21-18-,24-22-,30-28-. The fraction of sp³-hybridized carbons (Fsp3) is 0.591. The Morgan fingerprint density at radius 2 is 0.818 bits per heavy atom. The van der Waals surface area contributed by atoms with Gasteiger partial charge >= 0.3 is 19.8 Å². The molecule has 0 aromatic heterocycles. The molecule has 0 heterocycles. The van der Waals surface area contributed by atoms with Crippen LogP contribution in [0.3, 0.4) is 0 Å². The van der Waals surface area contributed by atoms with Crippen LogP contribution in [0.25, 0.3) is 0 Å². The Morgan fingerprint density at radius 3 is 1.22 bits per heavy atom. The number of aliphatic hydroxyl groups excluding tert-OH is 2. The number of esters is 2.